The van der Waals surface area contributed by atoms with Crippen molar-refractivity contribution in [2.24, 2.45) is 0 Å². The van der Waals surface area contributed by atoms with Crippen molar-refractivity contribution < 1.29 is 0 Å². The summed E-state index contributed by atoms with van der Waals surface area (Å²) in [5, 5.41) is 1.38. The molecule has 0 saturated carbocycles. The molecule has 0 fully saturated rings. The summed E-state index contributed by atoms with van der Waals surface area (Å²) in [5.41, 5.74) is 8.26. The predicted octanol–water partition coefficient (Wildman–Crippen LogP) is 6.45. The quantitative estimate of drug-likeness (QED) is 0.404. The Hall–Kier alpha value is -1.55. The van der Waals surface area contributed by atoms with Crippen molar-refractivity contribution in [3.63, 3.8) is 0 Å². The number of fused-ring (bicyclic) bond motifs is 3. The monoisotopic (exact) mass is 413 g/mol. The zero-order valence-electron chi connectivity index (χ0n) is 13.7. The summed E-state index contributed by atoms with van der Waals surface area (Å²) in [4.78, 5) is 0. The molecule has 1 aromatic heterocycles. The number of hydrogen-bond acceptors (Lipinski definition) is 0. The third-order valence-electron chi connectivity index (χ3n) is 4.77. The standard InChI is InChI=1S/C21H20IN/c1-13-4-9-20-18(11-13)19-12-14(2)10-15(3)21(19)23(20)17-7-5-16(22)6-8-17/h4-9,11-12,15H,10H2,1-3H3. The van der Waals surface area contributed by atoms with Crippen LogP contribution < -0.4 is 0 Å². The summed E-state index contributed by atoms with van der Waals surface area (Å²) < 4.78 is 3.74. The molecule has 1 atom stereocenters. The van der Waals surface area contributed by atoms with E-state index in [9.17, 15) is 0 Å². The molecule has 1 aliphatic carbocycles. The van der Waals surface area contributed by atoms with Gasteiger partial charge in [-0.2, -0.15) is 0 Å². The second-order valence-corrected chi connectivity index (χ2v) is 7.97. The molecule has 2 heteroatoms. The van der Waals surface area contributed by atoms with Gasteiger partial charge in [0.15, 0.2) is 0 Å². The van der Waals surface area contributed by atoms with Crippen molar-refractivity contribution >= 4 is 39.6 Å². The number of nitrogens with zero attached hydrogens (tertiary/aromatic N) is 1. The van der Waals surface area contributed by atoms with Crippen LogP contribution in [0.1, 0.15) is 43.0 Å². The van der Waals surface area contributed by atoms with Gasteiger partial charge in [-0.3, -0.25) is 0 Å². The SMILES string of the molecule is CC1=Cc2c(n(-c3ccc(I)cc3)c3ccc(C)cc23)C(C)C1. The molecule has 116 valence electrons. The Bertz CT molecular complexity index is 929. The molecule has 1 unspecified atom stereocenters. The molecule has 0 aliphatic heterocycles. The number of rotatable bonds is 1. The zero-order chi connectivity index (χ0) is 16.1. The predicted molar refractivity (Wildman–Crippen MR) is 107 cm³/mol. The highest BCUT2D eigenvalue weighted by Gasteiger charge is 2.24. The van der Waals surface area contributed by atoms with E-state index in [1.54, 1.807) is 0 Å². The van der Waals surface area contributed by atoms with Gasteiger partial charge in [-0.15, -0.1) is 0 Å². The van der Waals surface area contributed by atoms with Gasteiger partial charge in [-0.25, -0.2) is 0 Å². The van der Waals surface area contributed by atoms with Crippen molar-refractivity contribution in [2.75, 3.05) is 0 Å². The van der Waals surface area contributed by atoms with Gasteiger partial charge in [-0.1, -0.05) is 30.2 Å². The lowest BCUT2D eigenvalue weighted by Crippen LogP contribution is -2.08. The number of hydrogen-bond donors (Lipinski definition) is 0. The molecule has 0 bridgehead atoms. The summed E-state index contributed by atoms with van der Waals surface area (Å²) in [7, 11) is 0. The first kappa shape index (κ1) is 15.0. The van der Waals surface area contributed by atoms with Crippen LogP contribution in [0.5, 0.6) is 0 Å². The molecule has 2 aromatic carbocycles. The van der Waals surface area contributed by atoms with Crippen LogP contribution in [0.3, 0.4) is 0 Å². The van der Waals surface area contributed by atoms with Crippen LogP contribution in [0, 0.1) is 10.5 Å². The van der Waals surface area contributed by atoms with Crippen molar-refractivity contribution in [1.82, 2.24) is 4.57 Å². The molecule has 1 aliphatic rings. The summed E-state index contributed by atoms with van der Waals surface area (Å²) >= 11 is 2.37. The first-order valence-corrected chi connectivity index (χ1v) is 9.20. The number of allylic oxidation sites excluding steroid dienone is 1. The maximum atomic E-state index is 2.47. The van der Waals surface area contributed by atoms with Gasteiger partial charge in [0, 0.05) is 31.8 Å². The summed E-state index contributed by atoms with van der Waals surface area (Å²) in [6, 6.07) is 15.7. The Morgan fingerprint density at radius 1 is 1.04 bits per heavy atom. The minimum atomic E-state index is 0.544. The topological polar surface area (TPSA) is 4.93 Å². The molecular weight excluding hydrogens is 393 g/mol. The highest BCUT2D eigenvalue weighted by molar-refractivity contribution is 14.1. The summed E-state index contributed by atoms with van der Waals surface area (Å²) in [5.74, 6) is 0.544. The van der Waals surface area contributed by atoms with E-state index in [2.05, 4.69) is 96.5 Å². The van der Waals surface area contributed by atoms with E-state index in [1.165, 1.54) is 42.6 Å². The highest BCUT2D eigenvalue weighted by Crippen LogP contribution is 2.41. The van der Waals surface area contributed by atoms with Gasteiger partial charge < -0.3 is 4.57 Å². The van der Waals surface area contributed by atoms with Gasteiger partial charge in [0.05, 0.1) is 5.52 Å². The molecule has 1 nitrogen and oxygen atoms in total. The van der Waals surface area contributed by atoms with E-state index >= 15 is 0 Å². The van der Waals surface area contributed by atoms with E-state index in [0.717, 1.165) is 6.42 Å². The van der Waals surface area contributed by atoms with E-state index in [-0.39, 0.29) is 0 Å². The summed E-state index contributed by atoms with van der Waals surface area (Å²) in [6.45, 7) is 6.78. The fourth-order valence-corrected chi connectivity index (χ4v) is 4.20. The first-order chi connectivity index (χ1) is 11.0. The van der Waals surface area contributed by atoms with Crippen LogP contribution in [-0.4, -0.2) is 4.57 Å². The Morgan fingerprint density at radius 3 is 2.52 bits per heavy atom. The molecule has 0 saturated heterocycles. The molecule has 23 heavy (non-hydrogen) atoms. The van der Waals surface area contributed by atoms with Crippen molar-refractivity contribution in [3.8, 4) is 5.69 Å². The van der Waals surface area contributed by atoms with E-state index in [1.807, 2.05) is 0 Å². The normalized spacial score (nSPS) is 17.2. The Labute approximate surface area is 151 Å². The number of benzene rings is 2. The van der Waals surface area contributed by atoms with Gasteiger partial charge in [0.25, 0.3) is 0 Å². The third kappa shape index (κ3) is 2.44. The molecule has 1 heterocycles. The first-order valence-electron chi connectivity index (χ1n) is 8.12. The minimum absolute atomic E-state index is 0.544. The van der Waals surface area contributed by atoms with Gasteiger partial charge in [0.2, 0.25) is 0 Å². The van der Waals surface area contributed by atoms with Crippen LogP contribution in [0.25, 0.3) is 22.7 Å². The average molecular weight is 413 g/mol. The second-order valence-electron chi connectivity index (χ2n) is 6.73. The number of halogens is 1. The van der Waals surface area contributed by atoms with Crippen LogP contribution in [0.2, 0.25) is 0 Å². The Balaban J connectivity index is 2.11. The largest absolute Gasteiger partial charge is 0.313 e. The molecule has 0 radical (unpaired) electrons. The van der Waals surface area contributed by atoms with E-state index in [4.69, 9.17) is 0 Å². The van der Waals surface area contributed by atoms with E-state index < -0.39 is 0 Å². The second kappa shape index (κ2) is 5.52. The van der Waals surface area contributed by atoms with Crippen LogP contribution in [0.4, 0.5) is 0 Å². The minimum Gasteiger partial charge on any atom is -0.313 e. The molecular formula is C21H20IN. The van der Waals surface area contributed by atoms with Crippen LogP contribution >= 0.6 is 22.6 Å². The molecule has 3 aromatic rings. The zero-order valence-corrected chi connectivity index (χ0v) is 15.9. The number of aromatic nitrogens is 1. The Morgan fingerprint density at radius 2 is 1.78 bits per heavy atom. The third-order valence-corrected chi connectivity index (χ3v) is 5.49. The molecule has 4 rings (SSSR count). The smallest absolute Gasteiger partial charge is 0.0538 e. The van der Waals surface area contributed by atoms with Gasteiger partial charge in [-0.05, 0) is 79.3 Å². The highest BCUT2D eigenvalue weighted by atomic mass is 127. The van der Waals surface area contributed by atoms with Crippen molar-refractivity contribution in [1.29, 1.82) is 0 Å². The fraction of sp³-hybridized carbons (Fsp3) is 0.238. The molecule has 0 amide bonds. The van der Waals surface area contributed by atoms with E-state index in [0.29, 0.717) is 5.92 Å². The van der Waals surface area contributed by atoms with Crippen LogP contribution in [0.15, 0.2) is 48.0 Å². The molecule has 0 N–H and O–H groups in total. The lowest BCUT2D eigenvalue weighted by atomic mass is 9.88. The average Bonchev–Trinajstić information content (AvgIpc) is 2.82. The van der Waals surface area contributed by atoms with Gasteiger partial charge >= 0.3 is 0 Å². The summed E-state index contributed by atoms with van der Waals surface area (Å²) in [6.07, 6.45) is 3.53. The maximum absolute atomic E-state index is 2.47. The van der Waals surface area contributed by atoms with Gasteiger partial charge in [0.1, 0.15) is 0 Å². The lowest BCUT2D eigenvalue weighted by Gasteiger charge is -2.22. The van der Waals surface area contributed by atoms with Crippen molar-refractivity contribution in [3.05, 3.63) is 68.4 Å². The fourth-order valence-electron chi connectivity index (χ4n) is 3.84. The molecule has 0 spiro atoms. The number of aryl methyl sites for hydroxylation is 1. The maximum Gasteiger partial charge on any atom is 0.0538 e. The lowest BCUT2D eigenvalue weighted by molar-refractivity contribution is 0.701. The van der Waals surface area contributed by atoms with Crippen molar-refractivity contribution in [2.45, 2.75) is 33.1 Å². The Kier molecular flexibility index (Phi) is 3.60. The van der Waals surface area contributed by atoms with Crippen LogP contribution in [-0.2, 0) is 0 Å².